The van der Waals surface area contributed by atoms with Crippen molar-refractivity contribution in [2.24, 2.45) is 11.5 Å². The Balaban J connectivity index is 0.000000248. The number of nitro groups is 1. The summed E-state index contributed by atoms with van der Waals surface area (Å²) in [5, 5.41) is 25.8. The molecule has 0 aliphatic carbocycles. The number of carboxylic acids is 1. The number of nitrogens with two attached hydrogens (primary N) is 2. The number of aryl methyl sites for hydroxylation is 2. The predicted octanol–water partition coefficient (Wildman–Crippen LogP) is 3.11. The van der Waals surface area contributed by atoms with Crippen LogP contribution in [0.25, 0.3) is 11.0 Å². The summed E-state index contributed by atoms with van der Waals surface area (Å²) in [5.41, 5.74) is 13.6. The molecule has 1 atom stereocenters. The third-order valence-electron chi connectivity index (χ3n) is 7.52. The van der Waals surface area contributed by atoms with E-state index in [1.165, 1.54) is 31.8 Å². The fourth-order valence-electron chi connectivity index (χ4n) is 4.84. The number of carbonyl (C=O) groups is 4. The second-order valence-corrected chi connectivity index (χ2v) is 11.3. The molecule has 5 heterocycles. The van der Waals surface area contributed by atoms with E-state index in [1.54, 1.807) is 39.6 Å². The smallest absolute Gasteiger partial charge is 0.339 e. The average molecular weight is 759 g/mol. The number of fused-ring (bicyclic) bond motifs is 1. The van der Waals surface area contributed by atoms with Gasteiger partial charge in [0.25, 0.3) is 11.6 Å². The molecule has 55 heavy (non-hydrogen) atoms. The Labute approximate surface area is 312 Å². The summed E-state index contributed by atoms with van der Waals surface area (Å²) in [4.78, 5) is 67.4. The van der Waals surface area contributed by atoms with E-state index in [0.717, 1.165) is 24.4 Å². The van der Waals surface area contributed by atoms with Crippen LogP contribution in [0.4, 0.5) is 11.6 Å². The van der Waals surface area contributed by atoms with Gasteiger partial charge in [-0.15, -0.1) is 0 Å². The maximum atomic E-state index is 13.1. The van der Waals surface area contributed by atoms with Crippen LogP contribution in [0, 0.1) is 17.0 Å². The number of hydrogen-bond donors (Lipinski definition) is 4. The first-order valence-corrected chi connectivity index (χ1v) is 16.5. The lowest BCUT2D eigenvalue weighted by Crippen LogP contribution is -2.32. The zero-order chi connectivity index (χ0) is 40.1. The maximum absolute atomic E-state index is 13.1. The lowest BCUT2D eigenvalue weighted by molar-refractivity contribution is -0.385. The number of rotatable bonds is 12. The van der Waals surface area contributed by atoms with Crippen molar-refractivity contribution in [2.75, 3.05) is 25.6 Å². The minimum absolute atomic E-state index is 0.0664. The van der Waals surface area contributed by atoms with Crippen molar-refractivity contribution in [2.45, 2.75) is 39.6 Å². The fourth-order valence-corrected chi connectivity index (χ4v) is 4.84. The molecule has 2 amide bonds. The molecule has 0 saturated carbocycles. The number of aromatic nitrogens is 6. The van der Waals surface area contributed by atoms with Gasteiger partial charge in [-0.05, 0) is 44.2 Å². The minimum Gasteiger partial charge on any atom is -0.478 e. The Hall–Kier alpha value is -7.06. The van der Waals surface area contributed by atoms with E-state index in [4.69, 9.17) is 26.0 Å². The standard InChI is InChI=1S/C22H27N7O4.C7H6N2O4.C6H5NO2/c1-3-29-16(10-13(2)27-29)21(31)26-22-25-15-11-14(20(24)30)12-17(33-18-6-9-32-18)19(15)28(22)8-5-4-7-23;1-13-7(10)5-2-6(9(11)12)4-8-3-5;8-6(9)5-2-1-3-7-4-5/h4-5,10-12,18H,3,6-9,23H2,1-2H3,(H2,24,30)(H,25,26,31);2-4H,1H3;1-4H,(H,8,9). The van der Waals surface area contributed by atoms with Crippen LogP contribution in [0.3, 0.4) is 0 Å². The van der Waals surface area contributed by atoms with E-state index in [2.05, 4.69) is 30.1 Å². The van der Waals surface area contributed by atoms with Crippen molar-refractivity contribution >= 4 is 46.4 Å². The monoisotopic (exact) mass is 758 g/mol. The number of carboxylic acid groups (broad SMARTS) is 1. The van der Waals surface area contributed by atoms with Crippen molar-refractivity contribution in [1.29, 1.82) is 0 Å². The van der Waals surface area contributed by atoms with Crippen molar-refractivity contribution in [3.8, 4) is 5.75 Å². The number of methoxy groups -OCH3 is 1. The van der Waals surface area contributed by atoms with Gasteiger partial charge in [0, 0.05) is 56.3 Å². The van der Waals surface area contributed by atoms with Crippen LogP contribution in [0.5, 0.6) is 5.75 Å². The van der Waals surface area contributed by atoms with Crippen LogP contribution in [0.15, 0.2) is 73.3 Å². The SMILES string of the molecule is CCn1nc(C)cc1C(=O)Nc1nc2cc(C(N)=O)cc(OC3CCO3)c2n1CC=CCN.COC(=O)c1cncc([N+](=O)[O-])c1.O=C(O)c1cccnc1. The number of amides is 2. The Morgan fingerprint density at radius 1 is 1.11 bits per heavy atom. The van der Waals surface area contributed by atoms with E-state index in [0.29, 0.717) is 54.7 Å². The summed E-state index contributed by atoms with van der Waals surface area (Å²) in [7, 11) is 1.20. The second kappa shape index (κ2) is 19.1. The highest BCUT2D eigenvalue weighted by Crippen LogP contribution is 2.33. The van der Waals surface area contributed by atoms with E-state index >= 15 is 0 Å². The topological polar surface area (TPSA) is 285 Å². The molecule has 1 aliphatic heterocycles. The molecule has 0 spiro atoms. The number of nitrogens with one attached hydrogen (secondary N) is 1. The van der Waals surface area contributed by atoms with Crippen molar-refractivity contribution < 1.29 is 43.4 Å². The van der Waals surface area contributed by atoms with Crippen LogP contribution in [0.2, 0.25) is 0 Å². The first-order valence-electron chi connectivity index (χ1n) is 16.5. The third-order valence-corrected chi connectivity index (χ3v) is 7.52. The van der Waals surface area contributed by atoms with E-state index in [9.17, 15) is 29.3 Å². The van der Waals surface area contributed by atoms with E-state index in [1.807, 2.05) is 19.9 Å². The minimum atomic E-state index is -0.942. The number of anilines is 1. The zero-order valence-electron chi connectivity index (χ0n) is 29.9. The highest BCUT2D eigenvalue weighted by Gasteiger charge is 2.25. The summed E-state index contributed by atoms with van der Waals surface area (Å²) >= 11 is 0. The zero-order valence-corrected chi connectivity index (χ0v) is 29.9. The highest BCUT2D eigenvalue weighted by atomic mass is 16.7. The fraction of sp³-hybridized carbons (Fsp3) is 0.257. The van der Waals surface area contributed by atoms with Crippen LogP contribution in [0.1, 0.15) is 60.6 Å². The van der Waals surface area contributed by atoms with Crippen LogP contribution >= 0.6 is 0 Å². The predicted molar refractivity (Wildman–Crippen MR) is 195 cm³/mol. The van der Waals surface area contributed by atoms with Gasteiger partial charge in [-0.3, -0.25) is 39.7 Å². The number of allylic oxidation sites excluding steroid dienone is 1. The Bertz CT molecular complexity index is 2200. The summed E-state index contributed by atoms with van der Waals surface area (Å²) in [6, 6.07) is 9.05. The van der Waals surface area contributed by atoms with Crippen molar-refractivity contribution in [3.05, 3.63) is 112 Å². The lowest BCUT2D eigenvalue weighted by atomic mass is 10.1. The molecule has 4 aromatic heterocycles. The van der Waals surface area contributed by atoms with Gasteiger partial charge in [-0.1, -0.05) is 12.2 Å². The molecular formula is C35H38N10O10. The Kier molecular flexibility index (Phi) is 14.2. The van der Waals surface area contributed by atoms with Gasteiger partial charge in [0.1, 0.15) is 23.2 Å². The number of hydrogen-bond acceptors (Lipinski definition) is 14. The average Bonchev–Trinajstić information content (AvgIpc) is 3.72. The van der Waals surface area contributed by atoms with Crippen molar-refractivity contribution in [1.82, 2.24) is 29.3 Å². The number of primary amides is 1. The van der Waals surface area contributed by atoms with Gasteiger partial charge in [0.15, 0.2) is 0 Å². The molecule has 6 rings (SSSR count). The molecule has 1 aliphatic rings. The molecular weight excluding hydrogens is 720 g/mol. The molecule has 1 unspecified atom stereocenters. The number of pyridine rings is 2. The first-order chi connectivity index (χ1) is 26.4. The van der Waals surface area contributed by atoms with Crippen molar-refractivity contribution in [3.63, 3.8) is 0 Å². The van der Waals surface area contributed by atoms with Gasteiger partial charge >= 0.3 is 11.9 Å². The second-order valence-electron chi connectivity index (χ2n) is 11.3. The van der Waals surface area contributed by atoms with Crippen LogP contribution < -0.4 is 21.5 Å². The molecule has 1 saturated heterocycles. The number of carbonyl (C=O) groups excluding carboxylic acids is 3. The molecule has 0 radical (unpaired) electrons. The van der Waals surface area contributed by atoms with Gasteiger partial charge in [0.05, 0.1) is 41.0 Å². The quantitative estimate of drug-likeness (QED) is 0.0615. The van der Waals surface area contributed by atoms with Crippen LogP contribution in [-0.4, -0.2) is 89.6 Å². The number of ether oxygens (including phenoxy) is 3. The summed E-state index contributed by atoms with van der Waals surface area (Å²) in [6.07, 6.45) is 9.09. The lowest BCUT2D eigenvalue weighted by Gasteiger charge is -2.27. The molecule has 0 bridgehead atoms. The largest absolute Gasteiger partial charge is 0.478 e. The number of nitrogens with zero attached hydrogens (tertiary/aromatic N) is 7. The number of benzene rings is 1. The van der Waals surface area contributed by atoms with Gasteiger partial charge < -0.3 is 35.4 Å². The molecule has 5 aromatic rings. The molecule has 20 heteroatoms. The van der Waals surface area contributed by atoms with Gasteiger partial charge in [-0.25, -0.2) is 14.6 Å². The van der Waals surface area contributed by atoms with Gasteiger partial charge in [-0.2, -0.15) is 5.10 Å². The molecule has 1 aromatic carbocycles. The summed E-state index contributed by atoms with van der Waals surface area (Å²) in [6.45, 7) is 5.63. The molecule has 288 valence electrons. The number of aromatic carboxylic acids is 1. The molecule has 1 fully saturated rings. The van der Waals surface area contributed by atoms with E-state index < -0.39 is 29.1 Å². The maximum Gasteiger partial charge on any atom is 0.339 e. The molecule has 6 N–H and O–H groups in total. The third kappa shape index (κ3) is 10.7. The normalized spacial score (nSPS) is 13.1. The van der Waals surface area contributed by atoms with E-state index in [-0.39, 0.29) is 28.3 Å². The molecule has 20 nitrogen and oxygen atoms in total. The Morgan fingerprint density at radius 3 is 2.42 bits per heavy atom. The highest BCUT2D eigenvalue weighted by molar-refractivity contribution is 6.04. The Morgan fingerprint density at radius 2 is 1.85 bits per heavy atom. The van der Waals surface area contributed by atoms with Crippen LogP contribution in [-0.2, 0) is 22.6 Å². The summed E-state index contributed by atoms with van der Waals surface area (Å²) < 4.78 is 19.2. The number of imidazole rings is 1. The van der Waals surface area contributed by atoms with Gasteiger partial charge in [0.2, 0.25) is 18.1 Å². The first kappa shape index (κ1) is 40.7. The number of esters is 1. The summed E-state index contributed by atoms with van der Waals surface area (Å²) in [5.74, 6) is -1.86.